The number of anilines is 1. The molecule has 0 saturated carbocycles. The predicted molar refractivity (Wildman–Crippen MR) is 85.0 cm³/mol. The molecule has 0 saturated heterocycles. The van der Waals surface area contributed by atoms with Gasteiger partial charge in [0.25, 0.3) is 0 Å². The summed E-state index contributed by atoms with van der Waals surface area (Å²) < 4.78 is 0. The van der Waals surface area contributed by atoms with Crippen LogP contribution in [0.5, 0.6) is 0 Å². The van der Waals surface area contributed by atoms with E-state index >= 15 is 0 Å². The van der Waals surface area contributed by atoms with Gasteiger partial charge in [-0.05, 0) is 52.7 Å². The average Bonchev–Trinajstić information content (AvgIpc) is 2.40. The van der Waals surface area contributed by atoms with Gasteiger partial charge in [-0.25, -0.2) is 0 Å². The Bertz CT molecular complexity index is 462. The van der Waals surface area contributed by atoms with E-state index in [2.05, 4.69) is 61.3 Å². The second-order valence-corrected chi connectivity index (χ2v) is 5.39. The van der Waals surface area contributed by atoms with E-state index in [-0.39, 0.29) is 0 Å². The van der Waals surface area contributed by atoms with Crippen LogP contribution in [0.3, 0.4) is 0 Å². The molecule has 1 aromatic rings. The van der Waals surface area contributed by atoms with Crippen molar-refractivity contribution in [1.82, 2.24) is 10.2 Å². The molecule has 0 aliphatic carbocycles. The summed E-state index contributed by atoms with van der Waals surface area (Å²) in [5, 5.41) is 12.5. The molecule has 0 amide bonds. The highest BCUT2D eigenvalue weighted by atomic mass is 15.2. The third-order valence-electron chi connectivity index (χ3n) is 3.37. The third kappa shape index (κ3) is 4.22. The molecular formula is C16H26N4. The number of benzene rings is 1. The van der Waals surface area contributed by atoms with Crippen LogP contribution < -0.4 is 10.2 Å². The number of rotatable bonds is 7. The van der Waals surface area contributed by atoms with Crippen molar-refractivity contribution < 1.29 is 0 Å². The number of hydrogen-bond acceptors (Lipinski definition) is 4. The summed E-state index contributed by atoms with van der Waals surface area (Å²) in [4.78, 5) is 4.47. The van der Waals surface area contributed by atoms with Crippen LogP contribution in [0.4, 0.5) is 5.69 Å². The van der Waals surface area contributed by atoms with E-state index in [9.17, 15) is 5.26 Å². The first-order valence-corrected chi connectivity index (χ1v) is 7.12. The molecule has 0 bridgehead atoms. The quantitative estimate of drug-likeness (QED) is 0.826. The van der Waals surface area contributed by atoms with Gasteiger partial charge in [-0.15, -0.1) is 0 Å². The van der Waals surface area contributed by atoms with Gasteiger partial charge in [-0.2, -0.15) is 5.26 Å². The molecule has 1 N–H and O–H groups in total. The smallest absolute Gasteiger partial charge is 0.101 e. The van der Waals surface area contributed by atoms with Gasteiger partial charge in [0, 0.05) is 25.7 Å². The van der Waals surface area contributed by atoms with Crippen LogP contribution in [0.1, 0.15) is 25.0 Å². The summed E-state index contributed by atoms with van der Waals surface area (Å²) in [6, 6.07) is 8.86. The standard InChI is InChI=1S/C16H26N4/c1-6-20(13(2)12-19(4)5)16-8-7-14(11-18-3)9-15(16)10-17/h7-9,13,18H,6,11-12H2,1-5H3. The molecule has 4 nitrogen and oxygen atoms in total. The maximum absolute atomic E-state index is 9.41. The van der Waals surface area contributed by atoms with Crippen LogP contribution >= 0.6 is 0 Å². The second-order valence-electron chi connectivity index (χ2n) is 5.39. The highest BCUT2D eigenvalue weighted by molar-refractivity contribution is 5.61. The van der Waals surface area contributed by atoms with E-state index in [1.165, 1.54) is 0 Å². The zero-order chi connectivity index (χ0) is 15.1. The maximum atomic E-state index is 9.41. The Kier molecular flexibility index (Phi) is 6.50. The molecule has 4 heteroatoms. The van der Waals surface area contributed by atoms with Gasteiger partial charge in [-0.1, -0.05) is 6.07 Å². The van der Waals surface area contributed by atoms with E-state index in [1.54, 1.807) is 0 Å². The Hall–Kier alpha value is -1.57. The Balaban J connectivity index is 3.06. The first kappa shape index (κ1) is 16.5. The van der Waals surface area contributed by atoms with Crippen molar-refractivity contribution >= 4 is 5.69 Å². The monoisotopic (exact) mass is 274 g/mol. The highest BCUT2D eigenvalue weighted by Gasteiger charge is 2.17. The minimum atomic E-state index is 0.372. The van der Waals surface area contributed by atoms with Crippen molar-refractivity contribution in [3.63, 3.8) is 0 Å². The minimum Gasteiger partial charge on any atom is -0.367 e. The molecule has 110 valence electrons. The summed E-state index contributed by atoms with van der Waals surface area (Å²) in [5.74, 6) is 0. The second kappa shape index (κ2) is 7.88. The first-order valence-electron chi connectivity index (χ1n) is 7.12. The zero-order valence-electron chi connectivity index (χ0n) is 13.3. The van der Waals surface area contributed by atoms with Crippen LogP contribution in [-0.4, -0.2) is 45.2 Å². The fraction of sp³-hybridized carbons (Fsp3) is 0.562. The SMILES string of the molecule is CCN(c1ccc(CNC)cc1C#N)C(C)CN(C)C. The lowest BCUT2D eigenvalue weighted by Gasteiger charge is -2.32. The van der Waals surface area contributed by atoms with E-state index < -0.39 is 0 Å². The molecule has 1 aromatic carbocycles. The summed E-state index contributed by atoms with van der Waals surface area (Å²) >= 11 is 0. The number of hydrogen-bond donors (Lipinski definition) is 1. The fourth-order valence-corrected chi connectivity index (χ4v) is 2.58. The van der Waals surface area contributed by atoms with Crippen molar-refractivity contribution in [2.75, 3.05) is 39.1 Å². The summed E-state index contributed by atoms with van der Waals surface area (Å²) in [7, 11) is 6.06. The normalized spacial score (nSPS) is 12.2. The molecule has 1 rings (SSSR count). The lowest BCUT2D eigenvalue weighted by Crippen LogP contribution is -2.40. The molecule has 0 spiro atoms. The van der Waals surface area contributed by atoms with Crippen molar-refractivity contribution in [2.45, 2.75) is 26.4 Å². The lowest BCUT2D eigenvalue weighted by atomic mass is 10.1. The van der Waals surface area contributed by atoms with E-state index in [0.717, 1.165) is 36.4 Å². The van der Waals surface area contributed by atoms with Crippen LogP contribution in [0, 0.1) is 11.3 Å². The summed E-state index contributed by atoms with van der Waals surface area (Å²) in [5.41, 5.74) is 2.93. The molecule has 0 heterocycles. The fourth-order valence-electron chi connectivity index (χ4n) is 2.58. The highest BCUT2D eigenvalue weighted by Crippen LogP contribution is 2.23. The molecule has 0 aliphatic heterocycles. The van der Waals surface area contributed by atoms with Crippen molar-refractivity contribution in [1.29, 1.82) is 5.26 Å². The Morgan fingerprint density at radius 2 is 2.05 bits per heavy atom. The average molecular weight is 274 g/mol. The molecule has 0 radical (unpaired) electrons. The van der Waals surface area contributed by atoms with Crippen molar-refractivity contribution in [2.24, 2.45) is 0 Å². The van der Waals surface area contributed by atoms with E-state index in [1.807, 2.05) is 13.1 Å². The summed E-state index contributed by atoms with van der Waals surface area (Å²) in [6.07, 6.45) is 0. The van der Waals surface area contributed by atoms with Gasteiger partial charge in [0.1, 0.15) is 6.07 Å². The number of nitrogens with zero attached hydrogens (tertiary/aromatic N) is 3. The molecule has 0 fully saturated rings. The molecule has 1 atom stereocenters. The Morgan fingerprint density at radius 1 is 1.35 bits per heavy atom. The van der Waals surface area contributed by atoms with Crippen LogP contribution in [-0.2, 0) is 6.54 Å². The van der Waals surface area contributed by atoms with Gasteiger partial charge < -0.3 is 15.1 Å². The third-order valence-corrected chi connectivity index (χ3v) is 3.37. The molecule has 0 aliphatic rings. The van der Waals surface area contributed by atoms with E-state index in [0.29, 0.717) is 6.04 Å². The Labute approximate surface area is 123 Å². The van der Waals surface area contributed by atoms with Crippen LogP contribution in [0.2, 0.25) is 0 Å². The van der Waals surface area contributed by atoms with Gasteiger partial charge in [0.15, 0.2) is 0 Å². The van der Waals surface area contributed by atoms with Gasteiger partial charge >= 0.3 is 0 Å². The first-order chi connectivity index (χ1) is 9.53. The van der Waals surface area contributed by atoms with Crippen molar-refractivity contribution in [3.05, 3.63) is 29.3 Å². The number of nitriles is 1. The largest absolute Gasteiger partial charge is 0.367 e. The molecular weight excluding hydrogens is 248 g/mol. The van der Waals surface area contributed by atoms with Gasteiger partial charge in [0.2, 0.25) is 0 Å². The van der Waals surface area contributed by atoms with Gasteiger partial charge in [-0.3, -0.25) is 0 Å². The zero-order valence-corrected chi connectivity index (χ0v) is 13.3. The van der Waals surface area contributed by atoms with E-state index in [4.69, 9.17) is 0 Å². The Morgan fingerprint density at radius 3 is 2.55 bits per heavy atom. The van der Waals surface area contributed by atoms with Gasteiger partial charge in [0.05, 0.1) is 11.3 Å². The van der Waals surface area contributed by atoms with Crippen molar-refractivity contribution in [3.8, 4) is 6.07 Å². The lowest BCUT2D eigenvalue weighted by molar-refractivity contribution is 0.373. The maximum Gasteiger partial charge on any atom is 0.101 e. The summed E-state index contributed by atoms with van der Waals surface area (Å²) in [6.45, 7) is 6.99. The minimum absolute atomic E-state index is 0.372. The topological polar surface area (TPSA) is 42.3 Å². The number of nitrogens with one attached hydrogen (secondary N) is 1. The molecule has 1 unspecified atom stereocenters. The molecule has 0 aromatic heterocycles. The van der Waals surface area contributed by atoms with Crippen LogP contribution in [0.15, 0.2) is 18.2 Å². The number of likely N-dealkylation sites (N-methyl/N-ethyl adjacent to an activating group) is 2. The molecule has 20 heavy (non-hydrogen) atoms. The predicted octanol–water partition coefficient (Wildman–Crippen LogP) is 2.05. The van der Waals surface area contributed by atoms with Crippen LogP contribution in [0.25, 0.3) is 0 Å².